The topological polar surface area (TPSA) is 66.8 Å². The minimum absolute atomic E-state index is 0.122. The summed E-state index contributed by atoms with van der Waals surface area (Å²) in [6.07, 6.45) is 2.47. The first kappa shape index (κ1) is 14.0. The zero-order valence-corrected chi connectivity index (χ0v) is 10.6. The number of hydrogen-bond acceptors (Lipinski definition) is 3. The Morgan fingerprint density at radius 2 is 2.12 bits per heavy atom. The van der Waals surface area contributed by atoms with Gasteiger partial charge in [0.15, 0.2) is 0 Å². The number of carboxylic acids is 1. The Hall–Kier alpha value is -1.10. The summed E-state index contributed by atoms with van der Waals surface area (Å²) in [5, 5.41) is 9.18. The van der Waals surface area contributed by atoms with E-state index < -0.39 is 11.5 Å². The molecule has 1 aliphatic rings. The SMILES string of the molecule is CCCOCCC(=O)N1CCCC1(C)C(=O)O. The van der Waals surface area contributed by atoms with Crippen LogP contribution in [0.5, 0.6) is 0 Å². The van der Waals surface area contributed by atoms with Crippen LogP contribution in [0.3, 0.4) is 0 Å². The average molecular weight is 243 g/mol. The van der Waals surface area contributed by atoms with Crippen molar-refractivity contribution in [1.82, 2.24) is 4.90 Å². The highest BCUT2D eigenvalue weighted by Gasteiger charge is 2.45. The second-order valence-corrected chi connectivity index (χ2v) is 4.59. The molecule has 0 aromatic carbocycles. The van der Waals surface area contributed by atoms with Gasteiger partial charge < -0.3 is 14.7 Å². The molecular formula is C12H21NO4. The molecule has 1 saturated heterocycles. The highest BCUT2D eigenvalue weighted by Crippen LogP contribution is 2.29. The molecule has 98 valence electrons. The van der Waals surface area contributed by atoms with Crippen LogP contribution in [-0.4, -0.2) is 47.2 Å². The summed E-state index contributed by atoms with van der Waals surface area (Å²) < 4.78 is 5.25. The van der Waals surface area contributed by atoms with Gasteiger partial charge in [-0.15, -0.1) is 0 Å². The number of amides is 1. The second kappa shape index (κ2) is 6.00. The molecule has 17 heavy (non-hydrogen) atoms. The van der Waals surface area contributed by atoms with Gasteiger partial charge in [-0.3, -0.25) is 4.79 Å². The Bertz CT molecular complexity index is 292. The first-order chi connectivity index (χ1) is 8.02. The summed E-state index contributed by atoms with van der Waals surface area (Å²) in [4.78, 5) is 24.6. The molecule has 1 aliphatic heterocycles. The maximum atomic E-state index is 11.9. The number of carbonyl (C=O) groups excluding carboxylic acids is 1. The summed E-state index contributed by atoms with van der Waals surface area (Å²) in [5.41, 5.74) is -1.03. The predicted molar refractivity (Wildman–Crippen MR) is 62.7 cm³/mol. The molecule has 0 aliphatic carbocycles. The molecule has 0 aromatic rings. The van der Waals surface area contributed by atoms with Crippen LogP contribution in [-0.2, 0) is 14.3 Å². The van der Waals surface area contributed by atoms with Crippen LogP contribution in [0.25, 0.3) is 0 Å². The van der Waals surface area contributed by atoms with E-state index in [9.17, 15) is 14.7 Å². The number of ether oxygens (including phenoxy) is 1. The van der Waals surface area contributed by atoms with Crippen molar-refractivity contribution in [1.29, 1.82) is 0 Å². The smallest absolute Gasteiger partial charge is 0.329 e. The predicted octanol–water partition coefficient (Wildman–Crippen LogP) is 1.27. The van der Waals surface area contributed by atoms with Crippen molar-refractivity contribution in [3.63, 3.8) is 0 Å². The second-order valence-electron chi connectivity index (χ2n) is 4.59. The number of nitrogens with zero attached hydrogens (tertiary/aromatic N) is 1. The van der Waals surface area contributed by atoms with Gasteiger partial charge in [-0.25, -0.2) is 4.79 Å². The molecule has 5 heteroatoms. The third-order valence-electron chi connectivity index (χ3n) is 3.21. The molecule has 1 N–H and O–H groups in total. The van der Waals surface area contributed by atoms with Crippen molar-refractivity contribution in [2.24, 2.45) is 0 Å². The molecule has 0 radical (unpaired) electrons. The van der Waals surface area contributed by atoms with E-state index in [0.717, 1.165) is 12.8 Å². The molecule has 1 amide bonds. The van der Waals surface area contributed by atoms with Crippen molar-refractivity contribution in [2.75, 3.05) is 19.8 Å². The monoisotopic (exact) mass is 243 g/mol. The van der Waals surface area contributed by atoms with Gasteiger partial charge in [-0.2, -0.15) is 0 Å². The van der Waals surface area contributed by atoms with Crippen LogP contribution in [0, 0.1) is 0 Å². The number of likely N-dealkylation sites (tertiary alicyclic amines) is 1. The summed E-state index contributed by atoms with van der Waals surface area (Å²) in [7, 11) is 0. The van der Waals surface area contributed by atoms with E-state index in [-0.39, 0.29) is 12.3 Å². The normalized spacial score (nSPS) is 24.0. The molecule has 1 fully saturated rings. The molecule has 1 unspecified atom stereocenters. The fourth-order valence-corrected chi connectivity index (χ4v) is 2.13. The lowest BCUT2D eigenvalue weighted by Gasteiger charge is -2.31. The summed E-state index contributed by atoms with van der Waals surface area (Å²) in [5.74, 6) is -1.04. The van der Waals surface area contributed by atoms with E-state index >= 15 is 0 Å². The molecule has 0 spiro atoms. The van der Waals surface area contributed by atoms with E-state index in [1.54, 1.807) is 6.92 Å². The van der Waals surface area contributed by atoms with E-state index in [0.29, 0.717) is 26.2 Å². The lowest BCUT2D eigenvalue weighted by atomic mass is 9.99. The molecule has 0 bridgehead atoms. The molecule has 1 heterocycles. The third-order valence-corrected chi connectivity index (χ3v) is 3.21. The molecule has 1 atom stereocenters. The van der Waals surface area contributed by atoms with E-state index in [1.165, 1.54) is 4.90 Å². The fraction of sp³-hybridized carbons (Fsp3) is 0.833. The first-order valence-corrected chi connectivity index (χ1v) is 6.14. The van der Waals surface area contributed by atoms with Gasteiger partial charge in [0.05, 0.1) is 13.0 Å². The standard InChI is InChI=1S/C12H21NO4/c1-3-8-17-9-5-10(14)13-7-4-6-12(13,2)11(15)16/h3-9H2,1-2H3,(H,15,16). The molecular weight excluding hydrogens is 222 g/mol. The van der Waals surface area contributed by atoms with Crippen LogP contribution in [0.2, 0.25) is 0 Å². The molecule has 0 aromatic heterocycles. The van der Waals surface area contributed by atoms with Crippen molar-refractivity contribution < 1.29 is 19.4 Å². The van der Waals surface area contributed by atoms with Crippen LogP contribution >= 0.6 is 0 Å². The quantitative estimate of drug-likeness (QED) is 0.713. The Kier molecular flexibility index (Phi) is 4.93. The zero-order chi connectivity index (χ0) is 12.9. The van der Waals surface area contributed by atoms with E-state index in [4.69, 9.17) is 4.74 Å². The maximum absolute atomic E-state index is 11.9. The number of hydrogen-bond donors (Lipinski definition) is 1. The van der Waals surface area contributed by atoms with Crippen molar-refractivity contribution in [2.45, 2.75) is 45.1 Å². The Morgan fingerprint density at radius 1 is 1.41 bits per heavy atom. The van der Waals surface area contributed by atoms with Crippen LogP contribution in [0.4, 0.5) is 0 Å². The van der Waals surface area contributed by atoms with Gasteiger partial charge in [0.2, 0.25) is 5.91 Å². The van der Waals surface area contributed by atoms with Gasteiger partial charge in [-0.1, -0.05) is 6.92 Å². The minimum Gasteiger partial charge on any atom is -0.480 e. The Balaban J connectivity index is 2.48. The molecule has 5 nitrogen and oxygen atoms in total. The number of carbonyl (C=O) groups is 2. The number of carboxylic acid groups (broad SMARTS) is 1. The van der Waals surface area contributed by atoms with Crippen molar-refractivity contribution in [3.8, 4) is 0 Å². The van der Waals surface area contributed by atoms with E-state index in [2.05, 4.69) is 0 Å². The highest BCUT2D eigenvalue weighted by molar-refractivity contribution is 5.87. The summed E-state index contributed by atoms with van der Waals surface area (Å²) in [6.45, 7) is 5.18. The number of rotatable bonds is 6. The number of aliphatic carboxylic acids is 1. The van der Waals surface area contributed by atoms with Gasteiger partial charge in [0, 0.05) is 13.2 Å². The third kappa shape index (κ3) is 3.19. The largest absolute Gasteiger partial charge is 0.480 e. The lowest BCUT2D eigenvalue weighted by Crippen LogP contribution is -2.50. The van der Waals surface area contributed by atoms with Crippen molar-refractivity contribution >= 4 is 11.9 Å². The van der Waals surface area contributed by atoms with E-state index in [1.807, 2.05) is 6.92 Å². The molecule has 0 saturated carbocycles. The van der Waals surface area contributed by atoms with Gasteiger partial charge >= 0.3 is 5.97 Å². The van der Waals surface area contributed by atoms with Crippen molar-refractivity contribution in [3.05, 3.63) is 0 Å². The Morgan fingerprint density at radius 3 is 2.71 bits per heavy atom. The molecule has 1 rings (SSSR count). The zero-order valence-electron chi connectivity index (χ0n) is 10.6. The van der Waals surface area contributed by atoms with Gasteiger partial charge in [0.25, 0.3) is 0 Å². The minimum atomic E-state index is -1.03. The highest BCUT2D eigenvalue weighted by atomic mass is 16.5. The average Bonchev–Trinajstić information content (AvgIpc) is 2.68. The van der Waals surface area contributed by atoms with Gasteiger partial charge in [-0.05, 0) is 26.2 Å². The first-order valence-electron chi connectivity index (χ1n) is 6.14. The maximum Gasteiger partial charge on any atom is 0.329 e. The summed E-state index contributed by atoms with van der Waals surface area (Å²) >= 11 is 0. The van der Waals surface area contributed by atoms with Crippen LogP contribution in [0.15, 0.2) is 0 Å². The fourth-order valence-electron chi connectivity index (χ4n) is 2.13. The lowest BCUT2D eigenvalue weighted by molar-refractivity contribution is -0.155. The van der Waals surface area contributed by atoms with Gasteiger partial charge in [0.1, 0.15) is 5.54 Å². The summed E-state index contributed by atoms with van der Waals surface area (Å²) in [6, 6.07) is 0. The Labute approximate surface area is 102 Å². The van der Waals surface area contributed by atoms with Crippen LogP contribution in [0.1, 0.15) is 39.5 Å². The van der Waals surface area contributed by atoms with Crippen LogP contribution < -0.4 is 0 Å².